The largest absolute Gasteiger partial charge is 0.316 e. The van der Waals surface area contributed by atoms with Gasteiger partial charge in [0, 0.05) is 12.1 Å². The molecule has 3 nitrogen and oxygen atoms in total. The van der Waals surface area contributed by atoms with Crippen LogP contribution in [0.25, 0.3) is 0 Å². The summed E-state index contributed by atoms with van der Waals surface area (Å²) < 4.78 is 0. The van der Waals surface area contributed by atoms with Crippen LogP contribution in [0.5, 0.6) is 0 Å². The Morgan fingerprint density at radius 2 is 1.88 bits per heavy atom. The second-order valence-corrected chi connectivity index (χ2v) is 6.02. The van der Waals surface area contributed by atoms with E-state index >= 15 is 0 Å². The number of hydrogen-bond donors (Lipinski definition) is 1. The Kier molecular flexibility index (Phi) is 3.88. The summed E-state index contributed by atoms with van der Waals surface area (Å²) in [5, 5.41) is 3.35. The number of likely N-dealkylation sites (N-methyl/N-ethyl adjacent to an activating group) is 2. The first-order valence-corrected chi connectivity index (χ1v) is 6.69. The van der Waals surface area contributed by atoms with Crippen LogP contribution in [0, 0.1) is 5.92 Å². The second-order valence-electron chi connectivity index (χ2n) is 6.02. The Hall–Kier alpha value is -0.120. The summed E-state index contributed by atoms with van der Waals surface area (Å²) in [7, 11) is 6.77. The molecule has 0 unspecified atom stereocenters. The molecule has 1 saturated heterocycles. The molecule has 16 heavy (non-hydrogen) atoms. The lowest BCUT2D eigenvalue weighted by atomic mass is 9.75. The lowest BCUT2D eigenvalue weighted by Crippen LogP contribution is -2.57. The number of rotatable bonds is 6. The summed E-state index contributed by atoms with van der Waals surface area (Å²) >= 11 is 0. The molecule has 94 valence electrons. The van der Waals surface area contributed by atoms with Crippen LogP contribution in [0.1, 0.15) is 25.7 Å². The van der Waals surface area contributed by atoms with Crippen molar-refractivity contribution >= 4 is 0 Å². The first-order chi connectivity index (χ1) is 7.62. The Labute approximate surface area is 100 Å². The monoisotopic (exact) mass is 225 g/mol. The van der Waals surface area contributed by atoms with E-state index < -0.39 is 0 Å². The fourth-order valence-electron chi connectivity index (χ4n) is 2.87. The van der Waals surface area contributed by atoms with Gasteiger partial charge in [-0.2, -0.15) is 0 Å². The van der Waals surface area contributed by atoms with E-state index in [4.69, 9.17) is 0 Å². The highest BCUT2D eigenvalue weighted by molar-refractivity contribution is 4.97. The molecule has 1 aliphatic carbocycles. The van der Waals surface area contributed by atoms with Crippen LogP contribution in [0.15, 0.2) is 0 Å². The maximum Gasteiger partial charge on any atom is 0.0330 e. The van der Waals surface area contributed by atoms with Gasteiger partial charge in [-0.05, 0) is 72.4 Å². The van der Waals surface area contributed by atoms with Gasteiger partial charge in [0.2, 0.25) is 0 Å². The van der Waals surface area contributed by atoms with Crippen molar-refractivity contribution in [3.63, 3.8) is 0 Å². The topological polar surface area (TPSA) is 18.5 Å². The molecule has 0 atom stereocenters. The Morgan fingerprint density at radius 3 is 2.25 bits per heavy atom. The summed E-state index contributed by atoms with van der Waals surface area (Å²) in [5.41, 5.74) is 0.493. The van der Waals surface area contributed by atoms with Gasteiger partial charge in [0.25, 0.3) is 0 Å². The first kappa shape index (κ1) is 12.3. The minimum absolute atomic E-state index is 0.493. The molecule has 2 aliphatic rings. The van der Waals surface area contributed by atoms with Crippen molar-refractivity contribution < 1.29 is 0 Å². The maximum atomic E-state index is 3.35. The average molecular weight is 225 g/mol. The zero-order valence-electron chi connectivity index (χ0n) is 11.1. The van der Waals surface area contributed by atoms with E-state index in [1.54, 1.807) is 0 Å². The highest BCUT2D eigenvalue weighted by Crippen LogP contribution is 2.36. The molecule has 2 rings (SSSR count). The Morgan fingerprint density at radius 1 is 1.19 bits per heavy atom. The highest BCUT2D eigenvalue weighted by Gasteiger charge is 2.39. The Bertz CT molecular complexity index is 219. The fraction of sp³-hybridized carbons (Fsp3) is 1.00. The van der Waals surface area contributed by atoms with Gasteiger partial charge in [-0.1, -0.05) is 0 Å². The molecule has 1 saturated carbocycles. The predicted molar refractivity (Wildman–Crippen MR) is 68.7 cm³/mol. The zero-order valence-corrected chi connectivity index (χ0v) is 11.1. The lowest BCUT2D eigenvalue weighted by Gasteiger charge is -2.49. The highest BCUT2D eigenvalue weighted by atomic mass is 15.2. The van der Waals surface area contributed by atoms with Gasteiger partial charge in [0.05, 0.1) is 0 Å². The molecule has 0 amide bonds. The summed E-state index contributed by atoms with van der Waals surface area (Å²) in [6.07, 6.45) is 5.55. The smallest absolute Gasteiger partial charge is 0.0330 e. The first-order valence-electron chi connectivity index (χ1n) is 6.69. The number of nitrogens with zero attached hydrogens (tertiary/aromatic N) is 2. The fourth-order valence-corrected chi connectivity index (χ4v) is 2.87. The van der Waals surface area contributed by atoms with Crippen LogP contribution < -0.4 is 5.32 Å². The quantitative estimate of drug-likeness (QED) is 0.728. The molecule has 3 heteroatoms. The predicted octanol–water partition coefficient (Wildman–Crippen LogP) is 1.01. The van der Waals surface area contributed by atoms with Crippen LogP contribution in [0.2, 0.25) is 0 Å². The van der Waals surface area contributed by atoms with E-state index in [-0.39, 0.29) is 0 Å². The molecular weight excluding hydrogens is 198 g/mol. The van der Waals surface area contributed by atoms with Crippen LogP contribution in [0.4, 0.5) is 0 Å². The van der Waals surface area contributed by atoms with E-state index in [1.807, 2.05) is 0 Å². The molecule has 0 aromatic rings. The third-order valence-corrected chi connectivity index (χ3v) is 4.58. The molecule has 2 fully saturated rings. The molecule has 0 spiro atoms. The minimum atomic E-state index is 0.493. The minimum Gasteiger partial charge on any atom is -0.316 e. The molecule has 1 N–H and O–H groups in total. The van der Waals surface area contributed by atoms with Gasteiger partial charge >= 0.3 is 0 Å². The second kappa shape index (κ2) is 5.03. The van der Waals surface area contributed by atoms with E-state index in [2.05, 4.69) is 36.3 Å². The van der Waals surface area contributed by atoms with Crippen LogP contribution in [-0.2, 0) is 0 Å². The van der Waals surface area contributed by atoms with Gasteiger partial charge in [0.1, 0.15) is 0 Å². The van der Waals surface area contributed by atoms with Gasteiger partial charge in [0.15, 0.2) is 0 Å². The van der Waals surface area contributed by atoms with Crippen molar-refractivity contribution in [2.75, 3.05) is 47.3 Å². The molecule has 0 aromatic heterocycles. The van der Waals surface area contributed by atoms with Crippen molar-refractivity contribution in [2.24, 2.45) is 5.92 Å². The molecule has 0 radical (unpaired) electrons. The summed E-state index contributed by atoms with van der Waals surface area (Å²) in [5.74, 6) is 0.944. The molecule has 1 aliphatic heterocycles. The van der Waals surface area contributed by atoms with Crippen molar-refractivity contribution in [3.05, 3.63) is 0 Å². The normalized spacial score (nSPS) is 24.6. The van der Waals surface area contributed by atoms with Gasteiger partial charge < -0.3 is 15.1 Å². The molecule has 1 heterocycles. The SMILES string of the molecule is CN(CCC1CNC1)CC1(N(C)C)CCC1. The van der Waals surface area contributed by atoms with Gasteiger partial charge in [-0.25, -0.2) is 0 Å². The van der Waals surface area contributed by atoms with Crippen molar-refractivity contribution in [1.82, 2.24) is 15.1 Å². The summed E-state index contributed by atoms with van der Waals surface area (Å²) in [4.78, 5) is 4.98. The van der Waals surface area contributed by atoms with Crippen molar-refractivity contribution in [3.8, 4) is 0 Å². The van der Waals surface area contributed by atoms with Crippen LogP contribution in [0.3, 0.4) is 0 Å². The molecule has 0 aromatic carbocycles. The van der Waals surface area contributed by atoms with Crippen molar-refractivity contribution in [2.45, 2.75) is 31.2 Å². The number of hydrogen-bond acceptors (Lipinski definition) is 3. The average Bonchev–Trinajstić information content (AvgIpc) is 2.08. The van der Waals surface area contributed by atoms with E-state index in [0.29, 0.717) is 5.54 Å². The van der Waals surface area contributed by atoms with Gasteiger partial charge in [-0.3, -0.25) is 0 Å². The summed E-state index contributed by atoms with van der Waals surface area (Å²) in [6.45, 7) is 5.00. The third-order valence-electron chi connectivity index (χ3n) is 4.58. The molecule has 0 bridgehead atoms. The van der Waals surface area contributed by atoms with E-state index in [9.17, 15) is 0 Å². The standard InChI is InChI=1S/C13H27N3/c1-15(2)13(6-4-7-13)11-16(3)8-5-12-9-14-10-12/h12,14H,4-11H2,1-3H3. The van der Waals surface area contributed by atoms with E-state index in [1.165, 1.54) is 51.9 Å². The van der Waals surface area contributed by atoms with E-state index in [0.717, 1.165) is 5.92 Å². The lowest BCUT2D eigenvalue weighted by molar-refractivity contribution is 0.0260. The van der Waals surface area contributed by atoms with Gasteiger partial charge in [-0.15, -0.1) is 0 Å². The number of nitrogens with one attached hydrogen (secondary N) is 1. The Balaban J connectivity index is 1.70. The molecular formula is C13H27N3. The van der Waals surface area contributed by atoms with Crippen LogP contribution in [-0.4, -0.2) is 62.7 Å². The summed E-state index contributed by atoms with van der Waals surface area (Å²) in [6, 6.07) is 0. The maximum absolute atomic E-state index is 3.35. The zero-order chi connectivity index (χ0) is 11.6. The van der Waals surface area contributed by atoms with Crippen LogP contribution >= 0.6 is 0 Å². The van der Waals surface area contributed by atoms with Crippen molar-refractivity contribution in [1.29, 1.82) is 0 Å². The third kappa shape index (κ3) is 2.58.